The third kappa shape index (κ3) is 2.52. The Morgan fingerprint density at radius 2 is 1.96 bits per heavy atom. The predicted octanol–water partition coefficient (Wildman–Crippen LogP) is 3.83. The Hall–Kier alpha value is -1.42. The summed E-state index contributed by atoms with van der Waals surface area (Å²) in [7, 11) is 0. The minimum Gasteiger partial charge on any atom is -0.461 e. The number of carbonyl (C=O) groups is 2. The van der Waals surface area contributed by atoms with Crippen LogP contribution in [0.3, 0.4) is 0 Å². The van der Waals surface area contributed by atoms with Gasteiger partial charge in [0.05, 0.1) is 11.0 Å². The third-order valence-corrected chi connectivity index (χ3v) is 7.64. The highest BCUT2D eigenvalue weighted by Gasteiger charge is 2.66. The zero-order valence-electron chi connectivity index (χ0n) is 16.8. The highest BCUT2D eigenvalue weighted by Crippen LogP contribution is 2.62. The molecule has 2 fully saturated rings. The highest BCUT2D eigenvalue weighted by molar-refractivity contribution is 5.88. The lowest BCUT2D eigenvalue weighted by atomic mass is 9.62. The van der Waals surface area contributed by atoms with Crippen molar-refractivity contribution < 1.29 is 19.4 Å². The van der Waals surface area contributed by atoms with E-state index < -0.39 is 22.5 Å². The molecular weight excluding hydrogens is 328 g/mol. The first-order valence-electron chi connectivity index (χ1n) is 9.75. The molecule has 0 aromatic carbocycles. The normalized spacial score (nSPS) is 45.0. The van der Waals surface area contributed by atoms with Crippen LogP contribution in [-0.4, -0.2) is 28.6 Å². The predicted molar refractivity (Wildman–Crippen MR) is 100 cm³/mol. The van der Waals surface area contributed by atoms with Crippen molar-refractivity contribution in [1.82, 2.24) is 0 Å². The van der Waals surface area contributed by atoms with Gasteiger partial charge in [-0.1, -0.05) is 44.6 Å². The molecule has 0 saturated heterocycles. The van der Waals surface area contributed by atoms with Crippen molar-refractivity contribution in [3.63, 3.8) is 0 Å². The van der Waals surface area contributed by atoms with Crippen LogP contribution in [-0.2, 0) is 14.3 Å². The van der Waals surface area contributed by atoms with Crippen LogP contribution in [0.2, 0.25) is 0 Å². The summed E-state index contributed by atoms with van der Waals surface area (Å²) in [5.74, 6) is -0.545. The van der Waals surface area contributed by atoms with Crippen molar-refractivity contribution in [2.45, 2.75) is 72.5 Å². The van der Waals surface area contributed by atoms with Gasteiger partial charge in [0.2, 0.25) is 0 Å². The summed E-state index contributed by atoms with van der Waals surface area (Å²) < 4.78 is 5.94. The van der Waals surface area contributed by atoms with E-state index in [-0.39, 0.29) is 29.5 Å². The zero-order chi connectivity index (χ0) is 19.5. The number of hydrogen-bond donors (Lipinski definition) is 1. The van der Waals surface area contributed by atoms with Crippen LogP contribution < -0.4 is 0 Å². The van der Waals surface area contributed by atoms with Gasteiger partial charge in [-0.15, -0.1) is 0 Å². The second-order valence-corrected chi connectivity index (χ2v) is 9.39. The van der Waals surface area contributed by atoms with Crippen molar-refractivity contribution in [3.8, 4) is 0 Å². The van der Waals surface area contributed by atoms with Crippen molar-refractivity contribution in [2.24, 2.45) is 28.6 Å². The minimum atomic E-state index is -0.909. The minimum absolute atomic E-state index is 0.0419. The molecule has 0 radical (unpaired) electrons. The Morgan fingerprint density at radius 3 is 2.54 bits per heavy atom. The summed E-state index contributed by atoms with van der Waals surface area (Å²) in [6.45, 7) is 11.6. The topological polar surface area (TPSA) is 63.6 Å². The maximum absolute atomic E-state index is 13.4. The largest absolute Gasteiger partial charge is 0.461 e. The molecule has 3 rings (SSSR count). The first-order chi connectivity index (χ1) is 12.0. The maximum Gasteiger partial charge on any atom is 0.302 e. The molecular formula is C22H32O4. The summed E-state index contributed by atoms with van der Waals surface area (Å²) in [6, 6.07) is 0. The van der Waals surface area contributed by atoms with E-state index in [4.69, 9.17) is 4.74 Å². The van der Waals surface area contributed by atoms with Crippen LogP contribution >= 0.6 is 0 Å². The van der Waals surface area contributed by atoms with Gasteiger partial charge in [0, 0.05) is 30.6 Å². The second-order valence-electron chi connectivity index (χ2n) is 9.39. The maximum atomic E-state index is 13.4. The van der Waals surface area contributed by atoms with Gasteiger partial charge in [-0.05, 0) is 32.6 Å². The molecule has 0 aromatic heterocycles. The molecule has 4 heteroatoms. The monoisotopic (exact) mass is 360 g/mol. The quantitative estimate of drug-likeness (QED) is 0.760. The second kappa shape index (κ2) is 6.05. The standard InChI is InChI=1S/C22H32O4/c1-13(2)22(25)11-10-20(5)16(22)12-17(24)21(6)9-7-8-14(3)18(21)19(20)26-15(4)23/h7-9,13,16,18-19,25H,10-12H2,1-6H3/t16-,18+,19+,20+,21-,22-/m0/s1. The van der Waals surface area contributed by atoms with Gasteiger partial charge in [-0.3, -0.25) is 9.59 Å². The number of aliphatic hydroxyl groups is 1. The number of hydrogen-bond acceptors (Lipinski definition) is 4. The Morgan fingerprint density at radius 1 is 1.31 bits per heavy atom. The molecule has 3 aliphatic carbocycles. The molecule has 0 spiro atoms. The highest BCUT2D eigenvalue weighted by atomic mass is 16.5. The average molecular weight is 360 g/mol. The van der Waals surface area contributed by atoms with E-state index in [0.717, 1.165) is 12.0 Å². The molecule has 0 aliphatic heterocycles. The molecule has 0 aromatic rings. The number of ketones is 1. The Kier molecular flexibility index (Phi) is 4.50. The average Bonchev–Trinajstić information content (AvgIpc) is 2.76. The number of allylic oxidation sites excluding steroid dienone is 3. The van der Waals surface area contributed by atoms with Gasteiger partial charge >= 0.3 is 5.97 Å². The van der Waals surface area contributed by atoms with Crippen LogP contribution in [0.25, 0.3) is 0 Å². The third-order valence-electron chi connectivity index (χ3n) is 7.64. The fourth-order valence-electron chi connectivity index (χ4n) is 5.90. The summed E-state index contributed by atoms with van der Waals surface area (Å²) in [6.07, 6.45) is 7.21. The first kappa shape index (κ1) is 19.3. The SMILES string of the molecule is CC(=O)O[C@@H]1[C@H]2C(C)=CC=C[C@@]2(C)C(=O)C[C@H]2[C@@]1(C)CC[C@]2(O)C(C)C. The van der Waals surface area contributed by atoms with E-state index in [1.54, 1.807) is 0 Å². The van der Waals surface area contributed by atoms with Crippen molar-refractivity contribution in [2.75, 3.05) is 0 Å². The van der Waals surface area contributed by atoms with E-state index >= 15 is 0 Å². The Balaban J connectivity index is 2.20. The molecule has 4 nitrogen and oxygen atoms in total. The lowest BCUT2D eigenvalue weighted by Crippen LogP contribution is -2.50. The zero-order valence-corrected chi connectivity index (χ0v) is 16.8. The van der Waals surface area contributed by atoms with Gasteiger partial charge in [0.25, 0.3) is 0 Å². The summed E-state index contributed by atoms with van der Waals surface area (Å²) >= 11 is 0. The van der Waals surface area contributed by atoms with Gasteiger partial charge in [0.15, 0.2) is 0 Å². The fraction of sp³-hybridized carbons (Fsp3) is 0.727. The number of Topliss-reactive ketones (excluding diaryl/α,β-unsaturated/α-hetero) is 1. The van der Waals surface area contributed by atoms with Gasteiger partial charge in [0.1, 0.15) is 11.9 Å². The van der Waals surface area contributed by atoms with E-state index in [1.807, 2.05) is 45.9 Å². The summed E-state index contributed by atoms with van der Waals surface area (Å²) in [5, 5.41) is 11.5. The van der Waals surface area contributed by atoms with Gasteiger partial charge < -0.3 is 9.84 Å². The van der Waals surface area contributed by atoms with E-state index in [2.05, 4.69) is 6.92 Å². The number of carbonyl (C=O) groups excluding carboxylic acids is 2. The lowest BCUT2D eigenvalue weighted by molar-refractivity contribution is -0.164. The van der Waals surface area contributed by atoms with Gasteiger partial charge in [-0.2, -0.15) is 0 Å². The lowest BCUT2D eigenvalue weighted by Gasteiger charge is -2.46. The van der Waals surface area contributed by atoms with E-state index in [0.29, 0.717) is 12.8 Å². The number of ether oxygens (including phenoxy) is 1. The first-order valence-corrected chi connectivity index (χ1v) is 9.75. The molecule has 6 atom stereocenters. The molecule has 0 amide bonds. The molecule has 0 unspecified atom stereocenters. The number of fused-ring (bicyclic) bond motifs is 2. The van der Waals surface area contributed by atoms with Gasteiger partial charge in [-0.25, -0.2) is 0 Å². The van der Waals surface area contributed by atoms with E-state index in [9.17, 15) is 14.7 Å². The number of rotatable bonds is 2. The van der Waals surface area contributed by atoms with Crippen LogP contribution in [0.5, 0.6) is 0 Å². The van der Waals surface area contributed by atoms with Crippen molar-refractivity contribution in [1.29, 1.82) is 0 Å². The summed E-state index contributed by atoms with van der Waals surface area (Å²) in [5.41, 5.74) is -0.974. The molecule has 2 saturated carbocycles. The van der Waals surface area contributed by atoms with E-state index in [1.165, 1.54) is 6.92 Å². The Bertz CT molecular complexity index is 690. The molecule has 144 valence electrons. The molecule has 3 aliphatic rings. The fourth-order valence-corrected chi connectivity index (χ4v) is 5.90. The Labute approximate surface area is 156 Å². The van der Waals surface area contributed by atoms with Crippen LogP contribution in [0.15, 0.2) is 23.8 Å². The smallest absolute Gasteiger partial charge is 0.302 e. The molecule has 0 heterocycles. The number of esters is 1. The van der Waals surface area contributed by atoms with Crippen LogP contribution in [0.1, 0.15) is 60.8 Å². The molecule has 0 bridgehead atoms. The van der Waals surface area contributed by atoms with Crippen molar-refractivity contribution >= 4 is 11.8 Å². The van der Waals surface area contributed by atoms with Crippen molar-refractivity contribution in [3.05, 3.63) is 23.8 Å². The molecule has 26 heavy (non-hydrogen) atoms. The van der Waals surface area contributed by atoms with Crippen LogP contribution in [0.4, 0.5) is 0 Å². The molecule has 1 N–H and O–H groups in total. The summed E-state index contributed by atoms with van der Waals surface area (Å²) in [4.78, 5) is 25.4. The van der Waals surface area contributed by atoms with Crippen LogP contribution in [0, 0.1) is 28.6 Å².